The molecule has 7 nitrogen and oxygen atoms in total. The molecule has 1 aliphatic heterocycles. The third-order valence-electron chi connectivity index (χ3n) is 4.83. The van der Waals surface area contributed by atoms with Crippen LogP contribution in [0.25, 0.3) is 0 Å². The number of carbonyl (C=O) groups excluding carboxylic acids is 2. The molecular weight excluding hydrogens is 386 g/mol. The van der Waals surface area contributed by atoms with Crippen LogP contribution in [0.1, 0.15) is 52.4 Å². The molecule has 0 spiro atoms. The molecule has 1 N–H and O–H groups in total. The number of rotatable bonds is 7. The molecule has 29 heavy (non-hydrogen) atoms. The minimum atomic E-state index is -0.274. The normalized spacial score (nSPS) is 15.0. The molecule has 2 heterocycles. The van der Waals surface area contributed by atoms with Crippen molar-refractivity contribution >= 4 is 28.8 Å². The van der Waals surface area contributed by atoms with Crippen molar-refractivity contribution in [3.8, 4) is 0 Å². The maximum absolute atomic E-state index is 12.7. The van der Waals surface area contributed by atoms with Crippen LogP contribution < -0.4 is 5.32 Å². The SMILES string of the molecule is CCCN1CCN(C(=O)c2ccc(NC(=O)c3nnc(CC(C)C)s3)cc2)CC1. The number of carbonyl (C=O) groups is 2. The molecule has 1 aliphatic rings. The van der Waals surface area contributed by atoms with Crippen molar-refractivity contribution < 1.29 is 9.59 Å². The van der Waals surface area contributed by atoms with Gasteiger partial charge >= 0.3 is 0 Å². The second-order valence-corrected chi connectivity index (χ2v) is 8.83. The fraction of sp³-hybridized carbons (Fsp3) is 0.524. The van der Waals surface area contributed by atoms with E-state index in [1.165, 1.54) is 11.3 Å². The minimum Gasteiger partial charge on any atom is -0.336 e. The van der Waals surface area contributed by atoms with Gasteiger partial charge in [-0.3, -0.25) is 14.5 Å². The second kappa shape index (κ2) is 9.93. The lowest BCUT2D eigenvalue weighted by Crippen LogP contribution is -2.48. The topological polar surface area (TPSA) is 78.4 Å². The van der Waals surface area contributed by atoms with Crippen molar-refractivity contribution in [1.29, 1.82) is 0 Å². The zero-order valence-corrected chi connectivity index (χ0v) is 18.2. The van der Waals surface area contributed by atoms with Gasteiger partial charge in [0.15, 0.2) is 0 Å². The molecule has 0 atom stereocenters. The van der Waals surface area contributed by atoms with Gasteiger partial charge in [-0.05, 0) is 43.1 Å². The Morgan fingerprint density at radius 2 is 1.79 bits per heavy atom. The summed E-state index contributed by atoms with van der Waals surface area (Å²) in [5, 5.41) is 12.1. The molecule has 1 fully saturated rings. The average Bonchev–Trinajstić information content (AvgIpc) is 3.17. The summed E-state index contributed by atoms with van der Waals surface area (Å²) in [5.41, 5.74) is 1.28. The molecule has 0 unspecified atom stereocenters. The maximum atomic E-state index is 12.7. The van der Waals surface area contributed by atoms with E-state index in [1.54, 1.807) is 24.3 Å². The molecule has 1 saturated heterocycles. The number of nitrogens with zero attached hydrogens (tertiary/aromatic N) is 4. The molecule has 8 heteroatoms. The first-order valence-corrected chi connectivity index (χ1v) is 11.0. The third kappa shape index (κ3) is 5.83. The molecular formula is C21H29N5O2S. The first-order chi connectivity index (χ1) is 14.0. The van der Waals surface area contributed by atoms with Gasteiger partial charge in [0.2, 0.25) is 5.01 Å². The smallest absolute Gasteiger partial charge is 0.286 e. The fourth-order valence-electron chi connectivity index (χ4n) is 3.33. The van der Waals surface area contributed by atoms with Gasteiger partial charge in [-0.25, -0.2) is 0 Å². The zero-order valence-electron chi connectivity index (χ0n) is 17.4. The average molecular weight is 416 g/mol. The lowest BCUT2D eigenvalue weighted by Gasteiger charge is -2.34. The van der Waals surface area contributed by atoms with E-state index in [4.69, 9.17) is 0 Å². The van der Waals surface area contributed by atoms with Gasteiger partial charge < -0.3 is 10.2 Å². The van der Waals surface area contributed by atoms with E-state index in [1.807, 2.05) is 4.90 Å². The van der Waals surface area contributed by atoms with E-state index in [9.17, 15) is 9.59 Å². The number of hydrogen-bond acceptors (Lipinski definition) is 6. The first kappa shape index (κ1) is 21.4. The van der Waals surface area contributed by atoms with E-state index >= 15 is 0 Å². The van der Waals surface area contributed by atoms with Crippen LogP contribution in [0.3, 0.4) is 0 Å². The number of hydrogen-bond donors (Lipinski definition) is 1. The second-order valence-electron chi connectivity index (χ2n) is 7.76. The lowest BCUT2D eigenvalue weighted by atomic mass is 10.1. The van der Waals surface area contributed by atoms with Crippen molar-refractivity contribution in [2.24, 2.45) is 5.92 Å². The first-order valence-electron chi connectivity index (χ1n) is 10.2. The summed E-state index contributed by atoms with van der Waals surface area (Å²) in [6, 6.07) is 7.05. The summed E-state index contributed by atoms with van der Waals surface area (Å²) >= 11 is 1.32. The van der Waals surface area contributed by atoms with Gasteiger partial charge in [-0.2, -0.15) is 0 Å². The van der Waals surface area contributed by atoms with Crippen LogP contribution >= 0.6 is 11.3 Å². The lowest BCUT2D eigenvalue weighted by molar-refractivity contribution is 0.0637. The number of piperazine rings is 1. The summed E-state index contributed by atoms with van der Waals surface area (Å²) in [6.45, 7) is 10.8. The molecule has 3 rings (SSSR count). The largest absolute Gasteiger partial charge is 0.336 e. The molecule has 0 radical (unpaired) electrons. The van der Waals surface area contributed by atoms with Crippen molar-refractivity contribution in [2.75, 3.05) is 38.0 Å². The van der Waals surface area contributed by atoms with Gasteiger partial charge in [0.1, 0.15) is 5.01 Å². The van der Waals surface area contributed by atoms with E-state index in [0.717, 1.165) is 50.6 Å². The van der Waals surface area contributed by atoms with Crippen molar-refractivity contribution in [3.05, 3.63) is 39.8 Å². The Hall–Kier alpha value is -2.32. The number of anilines is 1. The Bertz CT molecular complexity index is 826. The fourth-order valence-corrected chi connectivity index (χ4v) is 4.28. The minimum absolute atomic E-state index is 0.0430. The number of aromatic nitrogens is 2. The molecule has 156 valence electrons. The summed E-state index contributed by atoms with van der Waals surface area (Å²) < 4.78 is 0. The molecule has 2 aromatic rings. The van der Waals surface area contributed by atoms with E-state index < -0.39 is 0 Å². The quantitative estimate of drug-likeness (QED) is 0.752. The Balaban J connectivity index is 1.55. The molecule has 2 amide bonds. The van der Waals surface area contributed by atoms with Gasteiger partial charge in [0.25, 0.3) is 11.8 Å². The van der Waals surface area contributed by atoms with Crippen LogP contribution in [0.5, 0.6) is 0 Å². The van der Waals surface area contributed by atoms with Crippen molar-refractivity contribution in [3.63, 3.8) is 0 Å². The maximum Gasteiger partial charge on any atom is 0.286 e. The summed E-state index contributed by atoms with van der Waals surface area (Å²) in [6.07, 6.45) is 1.95. The van der Waals surface area contributed by atoms with E-state index in [2.05, 4.69) is 41.2 Å². The van der Waals surface area contributed by atoms with Crippen LogP contribution in [0.2, 0.25) is 0 Å². The predicted octanol–water partition coefficient (Wildman–Crippen LogP) is 3.16. The van der Waals surface area contributed by atoms with Crippen LogP contribution in [-0.4, -0.2) is 64.5 Å². The highest BCUT2D eigenvalue weighted by molar-refractivity contribution is 7.13. The summed E-state index contributed by atoms with van der Waals surface area (Å²) in [7, 11) is 0. The summed E-state index contributed by atoms with van der Waals surface area (Å²) in [4.78, 5) is 29.4. The van der Waals surface area contributed by atoms with Crippen molar-refractivity contribution in [1.82, 2.24) is 20.0 Å². The third-order valence-corrected chi connectivity index (χ3v) is 5.78. The molecule has 1 aromatic heterocycles. The van der Waals surface area contributed by atoms with E-state index in [0.29, 0.717) is 22.2 Å². The molecule has 0 aliphatic carbocycles. The Labute approximate surface area is 176 Å². The van der Waals surface area contributed by atoms with Crippen LogP contribution in [-0.2, 0) is 6.42 Å². The van der Waals surface area contributed by atoms with Crippen LogP contribution in [0.15, 0.2) is 24.3 Å². The summed E-state index contributed by atoms with van der Waals surface area (Å²) in [5.74, 6) is 0.240. The van der Waals surface area contributed by atoms with Crippen molar-refractivity contribution in [2.45, 2.75) is 33.6 Å². The highest BCUT2D eigenvalue weighted by Crippen LogP contribution is 2.17. The van der Waals surface area contributed by atoms with Crippen LogP contribution in [0, 0.1) is 5.92 Å². The van der Waals surface area contributed by atoms with Crippen LogP contribution in [0.4, 0.5) is 5.69 Å². The van der Waals surface area contributed by atoms with Gasteiger partial charge in [-0.15, -0.1) is 10.2 Å². The molecule has 1 aromatic carbocycles. The zero-order chi connectivity index (χ0) is 20.8. The number of benzene rings is 1. The van der Waals surface area contributed by atoms with E-state index in [-0.39, 0.29) is 11.8 Å². The Morgan fingerprint density at radius 3 is 2.41 bits per heavy atom. The highest BCUT2D eigenvalue weighted by atomic mass is 32.1. The Kier molecular flexibility index (Phi) is 7.33. The Morgan fingerprint density at radius 1 is 1.10 bits per heavy atom. The predicted molar refractivity (Wildman–Crippen MR) is 115 cm³/mol. The van der Waals surface area contributed by atoms with Gasteiger partial charge in [-0.1, -0.05) is 32.1 Å². The van der Waals surface area contributed by atoms with Gasteiger partial charge in [0, 0.05) is 43.9 Å². The standard InChI is InChI=1S/C21H29N5O2S/c1-4-9-25-10-12-26(13-11-25)21(28)16-5-7-17(8-6-16)22-19(27)20-24-23-18(29-20)14-15(2)3/h5-8,15H,4,9-14H2,1-3H3,(H,22,27). The molecule has 0 bridgehead atoms. The monoisotopic (exact) mass is 415 g/mol. The van der Waals surface area contributed by atoms with Gasteiger partial charge in [0.05, 0.1) is 0 Å². The number of amides is 2. The highest BCUT2D eigenvalue weighted by Gasteiger charge is 2.21. The number of nitrogens with one attached hydrogen (secondary N) is 1. The molecule has 0 saturated carbocycles.